The van der Waals surface area contributed by atoms with Gasteiger partial charge in [-0.05, 0) is 74.1 Å². The van der Waals surface area contributed by atoms with Gasteiger partial charge in [0.25, 0.3) is 0 Å². The van der Waals surface area contributed by atoms with Crippen LogP contribution < -0.4 is 0 Å². The van der Waals surface area contributed by atoms with Gasteiger partial charge in [0.05, 0.1) is 0 Å². The van der Waals surface area contributed by atoms with Crippen molar-refractivity contribution in [2.45, 2.75) is 139 Å². The minimum Gasteiger partial charge on any atom is -0.501 e. The van der Waals surface area contributed by atoms with Crippen LogP contribution in [0.25, 0.3) is 0 Å². The maximum absolute atomic E-state index is 9.44. The maximum Gasteiger partial charge on any atom is 0.126 e. The van der Waals surface area contributed by atoms with Crippen LogP contribution in [0.15, 0.2) is 27.3 Å². The van der Waals surface area contributed by atoms with Crippen LogP contribution in [-0.4, -0.2) is 23.4 Å². The third-order valence-corrected chi connectivity index (χ3v) is 2.45. The molecule has 0 saturated carbocycles. The Kier molecular flexibility index (Phi) is 120. The molecule has 0 aromatic rings. The topological polar surface area (TPSA) is 29.4 Å². The largest absolute Gasteiger partial charge is 0.501 e. The Morgan fingerprint density at radius 2 is 0.703 bits per heavy atom. The zero-order valence-electron chi connectivity index (χ0n) is 28.0. The average Bonchev–Trinajstić information content (AvgIpc) is 2.61. The summed E-state index contributed by atoms with van der Waals surface area (Å²) < 4.78 is 0. The number of carbonyl (C=O) groups is 1. The molecule has 3 radical (unpaired) electrons. The van der Waals surface area contributed by atoms with Crippen molar-refractivity contribution < 1.29 is 103 Å². The predicted molar refractivity (Wildman–Crippen MR) is 169 cm³/mol. The predicted octanol–water partition coefficient (Wildman–Crippen LogP) is 11.3. The van der Waals surface area contributed by atoms with Crippen molar-refractivity contribution in [2.75, 3.05) is 7.05 Å². The summed E-state index contributed by atoms with van der Waals surface area (Å²) in [4.78, 5) is 14.2. The number of Topliss-reactive ketones (excluding diaryl/α,β-unsaturated/α-hetero) is 1. The second-order valence-electron chi connectivity index (χ2n) is 8.99. The molecule has 37 heavy (non-hydrogen) atoms. The van der Waals surface area contributed by atoms with Crippen LogP contribution in [0.4, 0.5) is 0 Å². The van der Waals surface area contributed by atoms with Gasteiger partial charge in [-0.15, -0.1) is 0 Å². The molecule has 0 aromatic carbocycles. The van der Waals surface area contributed by atoms with Crippen LogP contribution >= 0.6 is 12.2 Å². The summed E-state index contributed by atoms with van der Waals surface area (Å²) >= 11 is 4.54. The molecule has 0 aliphatic rings. The maximum atomic E-state index is 9.44. The molecule has 0 atom stereocenters. The Labute approximate surface area is 318 Å². The minimum atomic E-state index is 0. The molecular weight excluding hydrogens is 701 g/mol. The molecule has 0 bridgehead atoms. The SMILES string of the molecule is C.CC(C)=C(C)C.CC(C)=O.CC(C)=S.CN=C(C)C.C[C-](C)C.C[C-]=C(C)C.C[C-]=C(C)C.[Y].[Y].[Y]. The number of rotatable bonds is 0. The van der Waals surface area contributed by atoms with Crippen LogP contribution in [0.1, 0.15) is 139 Å². The first-order chi connectivity index (χ1) is 14.6. The number of aliphatic imine (C=N–C) groups is 1. The second kappa shape index (κ2) is 61.8. The van der Waals surface area contributed by atoms with E-state index in [0.717, 1.165) is 10.6 Å². The number of allylic oxidation sites excluding steroid dienone is 6. The monoisotopic (exact) mass is 765 g/mol. The summed E-state index contributed by atoms with van der Waals surface area (Å²) in [5, 5.41) is 0. The third kappa shape index (κ3) is 343. The van der Waals surface area contributed by atoms with E-state index in [4.69, 9.17) is 0 Å². The Balaban J connectivity index is -0.0000000234. The second-order valence-corrected chi connectivity index (χ2v) is 9.80. The van der Waals surface area contributed by atoms with Crippen LogP contribution in [-0.2, 0) is 103 Å². The van der Waals surface area contributed by atoms with Gasteiger partial charge < -0.3 is 22.9 Å². The molecule has 0 spiro atoms. The van der Waals surface area contributed by atoms with E-state index in [-0.39, 0.29) is 111 Å². The fourth-order valence-electron chi connectivity index (χ4n) is 0. The van der Waals surface area contributed by atoms with E-state index in [2.05, 4.69) is 77.8 Å². The van der Waals surface area contributed by atoms with Gasteiger partial charge in [-0.1, -0.05) is 58.5 Å². The van der Waals surface area contributed by atoms with Gasteiger partial charge in [0.2, 0.25) is 0 Å². The Bertz CT molecular complexity index is 472. The molecule has 2 nitrogen and oxygen atoms in total. The molecule has 217 valence electrons. The molecule has 6 heteroatoms. The molecule has 0 rings (SSSR count). The van der Waals surface area contributed by atoms with Gasteiger partial charge in [-0.2, -0.15) is 34.6 Å². The zero-order valence-corrected chi connectivity index (χ0v) is 37.3. The van der Waals surface area contributed by atoms with Gasteiger partial charge in [-0.3, -0.25) is 16.1 Å². The van der Waals surface area contributed by atoms with Crippen LogP contribution in [0.5, 0.6) is 0 Å². The van der Waals surface area contributed by atoms with E-state index >= 15 is 0 Å². The van der Waals surface area contributed by atoms with Crippen LogP contribution in [0.2, 0.25) is 0 Å². The van der Waals surface area contributed by atoms with Crippen molar-refractivity contribution in [1.29, 1.82) is 0 Å². The first-order valence-electron chi connectivity index (χ1n) is 11.3. The van der Waals surface area contributed by atoms with Crippen LogP contribution in [0, 0.1) is 18.1 Å². The molecule has 0 aromatic heterocycles. The van der Waals surface area contributed by atoms with E-state index in [1.165, 1.54) is 42.1 Å². The molecule has 0 saturated heterocycles. The first kappa shape index (κ1) is 71.8. The Morgan fingerprint density at radius 1 is 0.622 bits per heavy atom. The van der Waals surface area contributed by atoms with E-state index in [9.17, 15) is 4.79 Å². The molecule has 0 N–H and O–H groups in total. The van der Waals surface area contributed by atoms with Crippen molar-refractivity contribution in [3.8, 4) is 0 Å². The van der Waals surface area contributed by atoms with Crippen molar-refractivity contribution in [1.82, 2.24) is 0 Å². The number of carbonyl (C=O) groups excluding carboxylic acids is 1. The fourth-order valence-corrected chi connectivity index (χ4v) is 0. The minimum absolute atomic E-state index is 0. The molecule has 0 heterocycles. The standard InChI is InChI=1S/C6H12.2C5H9.C4H9N.C4H9.C3H6O.C3H6S.CH4.3Y/c1-5(2)6(3)4;2*1-4-5(2)3;1-4(2)5-3;1-4(2)3;2*1-3(2)4;;;;/h1-4H3;3*1-3H3;1-3H3;2*1-2H3;1H4;;;/q;2*-1;;-1;;;;;;. The number of hydrogen-bond acceptors (Lipinski definition) is 3. The summed E-state index contributed by atoms with van der Waals surface area (Å²) in [5.41, 5.74) is 6.49. The zero-order chi connectivity index (χ0) is 28.7. The summed E-state index contributed by atoms with van der Waals surface area (Å²) in [6.45, 7) is 37.5. The Hall–Kier alpha value is 1.96. The molecule has 0 unspecified atom stereocenters. The molecular formula is C31H64NOSY3-3. The van der Waals surface area contributed by atoms with Crippen LogP contribution in [0.3, 0.4) is 0 Å². The van der Waals surface area contributed by atoms with E-state index in [1.54, 1.807) is 7.05 Å². The summed E-state index contributed by atoms with van der Waals surface area (Å²) in [5.74, 6) is 1.58. The first-order valence-corrected chi connectivity index (χ1v) is 11.7. The van der Waals surface area contributed by atoms with Crippen molar-refractivity contribution in [3.05, 3.63) is 40.4 Å². The van der Waals surface area contributed by atoms with Crippen molar-refractivity contribution in [2.24, 2.45) is 4.99 Å². The Morgan fingerprint density at radius 3 is 0.703 bits per heavy atom. The van der Waals surface area contributed by atoms with Gasteiger partial charge >= 0.3 is 0 Å². The van der Waals surface area contributed by atoms with Gasteiger partial charge in [-0.25, -0.2) is 0 Å². The molecule has 0 aliphatic heterocycles. The molecule has 0 amide bonds. The molecule has 0 aliphatic carbocycles. The normalized spacial score (nSPS) is 6.51. The van der Waals surface area contributed by atoms with E-state index in [1.807, 2.05) is 69.2 Å². The van der Waals surface area contributed by atoms with E-state index < -0.39 is 0 Å². The van der Waals surface area contributed by atoms with E-state index in [0.29, 0.717) is 0 Å². The summed E-state index contributed by atoms with van der Waals surface area (Å²) in [7, 11) is 1.79. The fraction of sp³-hybridized carbons (Fsp3) is 0.677. The van der Waals surface area contributed by atoms with Crippen molar-refractivity contribution >= 4 is 28.6 Å². The van der Waals surface area contributed by atoms with Crippen molar-refractivity contribution in [3.63, 3.8) is 0 Å². The number of nitrogens with zero attached hydrogens (tertiary/aromatic N) is 1. The quantitative estimate of drug-likeness (QED) is 0.106. The summed E-state index contributed by atoms with van der Waals surface area (Å²) in [6, 6.07) is 0. The smallest absolute Gasteiger partial charge is 0.126 e. The molecule has 0 fully saturated rings. The number of hydrogen-bond donors (Lipinski definition) is 0. The number of thiocarbonyl (C=S) groups is 1. The van der Waals surface area contributed by atoms with Gasteiger partial charge in [0.15, 0.2) is 0 Å². The summed E-state index contributed by atoms with van der Waals surface area (Å²) in [6.07, 6.45) is 5.89. The van der Waals surface area contributed by atoms with Gasteiger partial charge in [0, 0.05) is 111 Å². The number of ketones is 1. The third-order valence-electron chi connectivity index (χ3n) is 2.45. The average molecular weight is 766 g/mol. The van der Waals surface area contributed by atoms with Gasteiger partial charge in [0.1, 0.15) is 5.78 Å².